The lowest BCUT2D eigenvalue weighted by atomic mass is 10.1. The zero-order valence-electron chi connectivity index (χ0n) is 8.99. The van der Waals surface area contributed by atoms with Gasteiger partial charge in [0.2, 0.25) is 20.6 Å². The van der Waals surface area contributed by atoms with Crippen LogP contribution in [0.3, 0.4) is 0 Å². The van der Waals surface area contributed by atoms with Gasteiger partial charge < -0.3 is 0 Å². The highest BCUT2D eigenvalue weighted by Crippen LogP contribution is 2.02. The SMILES string of the molecule is CCCCCC(C(CC)=S(=O)=O)=S(=O)=O. The Hall–Kier alpha value is -0.620. The van der Waals surface area contributed by atoms with E-state index in [2.05, 4.69) is 0 Å². The molecule has 0 saturated carbocycles. The van der Waals surface area contributed by atoms with Crippen molar-refractivity contribution in [1.29, 1.82) is 0 Å². The first-order chi connectivity index (χ1) is 7.04. The van der Waals surface area contributed by atoms with E-state index in [1.165, 1.54) is 0 Å². The smallest absolute Gasteiger partial charge is 0.184 e. The van der Waals surface area contributed by atoms with E-state index in [1.54, 1.807) is 6.92 Å². The monoisotopic (exact) mass is 252 g/mol. The zero-order chi connectivity index (χ0) is 11.8. The molecule has 0 aliphatic heterocycles. The third kappa shape index (κ3) is 5.13. The third-order valence-electron chi connectivity index (χ3n) is 2.04. The number of hydrogen-bond donors (Lipinski definition) is 0. The van der Waals surface area contributed by atoms with Crippen LogP contribution < -0.4 is 0 Å². The lowest BCUT2D eigenvalue weighted by Gasteiger charge is -2.00. The standard InChI is InChI=1S/C9H16O4S2/c1-3-5-6-7-9(15(12)13)8(4-2)14(10)11/h3-7H2,1-2H3. The second-order valence-electron chi connectivity index (χ2n) is 3.13. The van der Waals surface area contributed by atoms with Gasteiger partial charge in [0, 0.05) is 0 Å². The summed E-state index contributed by atoms with van der Waals surface area (Å²) in [4.78, 5) is 0.0544. The van der Waals surface area contributed by atoms with Gasteiger partial charge in [-0.25, -0.2) is 0 Å². The highest BCUT2D eigenvalue weighted by Gasteiger charge is 2.10. The molecule has 0 atom stereocenters. The van der Waals surface area contributed by atoms with Crippen molar-refractivity contribution in [2.45, 2.75) is 46.0 Å². The van der Waals surface area contributed by atoms with E-state index in [0.29, 0.717) is 12.8 Å². The molecule has 0 fully saturated rings. The van der Waals surface area contributed by atoms with E-state index in [4.69, 9.17) is 0 Å². The fourth-order valence-electron chi connectivity index (χ4n) is 1.26. The third-order valence-corrected chi connectivity index (χ3v) is 3.96. The summed E-state index contributed by atoms with van der Waals surface area (Å²) in [6.45, 7) is 3.64. The van der Waals surface area contributed by atoms with Crippen molar-refractivity contribution in [3.63, 3.8) is 0 Å². The second-order valence-corrected chi connectivity index (χ2v) is 5.05. The molecule has 0 aromatic heterocycles. The first-order valence-corrected chi connectivity index (χ1v) is 7.10. The number of rotatable bonds is 6. The van der Waals surface area contributed by atoms with E-state index < -0.39 is 20.6 Å². The van der Waals surface area contributed by atoms with E-state index in [9.17, 15) is 16.8 Å². The van der Waals surface area contributed by atoms with E-state index in [1.807, 2.05) is 6.92 Å². The molecule has 0 heterocycles. The van der Waals surface area contributed by atoms with E-state index in [-0.39, 0.29) is 16.1 Å². The van der Waals surface area contributed by atoms with Crippen molar-refractivity contribution < 1.29 is 16.8 Å². The van der Waals surface area contributed by atoms with Crippen LogP contribution in [0.15, 0.2) is 0 Å². The maximum Gasteiger partial charge on any atom is 0.218 e. The molecule has 0 saturated heterocycles. The van der Waals surface area contributed by atoms with Gasteiger partial charge >= 0.3 is 0 Å². The topological polar surface area (TPSA) is 68.3 Å². The molecule has 0 spiro atoms. The minimum absolute atomic E-state index is 0.0134. The Labute approximate surface area is 93.4 Å². The van der Waals surface area contributed by atoms with Crippen LogP contribution in [0.25, 0.3) is 0 Å². The van der Waals surface area contributed by atoms with Crippen molar-refractivity contribution in [2.75, 3.05) is 0 Å². The highest BCUT2D eigenvalue weighted by atomic mass is 32.2. The van der Waals surface area contributed by atoms with Crippen LogP contribution in [0.5, 0.6) is 0 Å². The minimum atomic E-state index is -2.42. The predicted octanol–water partition coefficient (Wildman–Crippen LogP) is 1.08. The van der Waals surface area contributed by atoms with Crippen LogP contribution in [0.1, 0.15) is 46.0 Å². The van der Waals surface area contributed by atoms with Gasteiger partial charge in [-0.15, -0.1) is 0 Å². The Balaban J connectivity index is 5.04. The normalized spacial score (nSPS) is 9.73. The molecule has 0 aliphatic rings. The summed E-state index contributed by atoms with van der Waals surface area (Å²) in [5, 5.41) is 0. The molecule has 0 radical (unpaired) electrons. The summed E-state index contributed by atoms with van der Waals surface area (Å²) < 4.78 is 43.3. The second kappa shape index (κ2) is 7.64. The fraction of sp³-hybridized carbons (Fsp3) is 0.778. The van der Waals surface area contributed by atoms with Crippen molar-refractivity contribution in [2.24, 2.45) is 0 Å². The van der Waals surface area contributed by atoms with Crippen molar-refractivity contribution in [3.8, 4) is 0 Å². The molecule has 0 amide bonds. The van der Waals surface area contributed by atoms with E-state index in [0.717, 1.165) is 12.8 Å². The lowest BCUT2D eigenvalue weighted by Crippen LogP contribution is -2.15. The van der Waals surface area contributed by atoms with Crippen LogP contribution in [0.4, 0.5) is 0 Å². The summed E-state index contributed by atoms with van der Waals surface area (Å²) in [5.41, 5.74) is 0. The summed E-state index contributed by atoms with van der Waals surface area (Å²) in [6, 6.07) is 0. The molecule has 4 nitrogen and oxygen atoms in total. The van der Waals surface area contributed by atoms with Crippen molar-refractivity contribution >= 4 is 30.3 Å². The summed E-state index contributed by atoms with van der Waals surface area (Å²) in [5.74, 6) is 0. The Morgan fingerprint density at radius 3 is 1.73 bits per heavy atom. The predicted molar refractivity (Wildman–Crippen MR) is 62.3 cm³/mol. The average molecular weight is 252 g/mol. The van der Waals surface area contributed by atoms with Gasteiger partial charge in [0.25, 0.3) is 0 Å². The van der Waals surface area contributed by atoms with Crippen molar-refractivity contribution in [3.05, 3.63) is 0 Å². The van der Waals surface area contributed by atoms with Crippen LogP contribution >= 0.6 is 0 Å². The van der Waals surface area contributed by atoms with E-state index >= 15 is 0 Å². The summed E-state index contributed by atoms with van der Waals surface area (Å²) in [6.07, 6.45) is 3.14. The van der Waals surface area contributed by atoms with Gasteiger partial charge in [0.15, 0.2) is 0 Å². The molecule has 0 rings (SSSR count). The van der Waals surface area contributed by atoms with Gasteiger partial charge in [-0.1, -0.05) is 26.7 Å². The largest absolute Gasteiger partial charge is 0.218 e. The Morgan fingerprint density at radius 2 is 1.40 bits per heavy atom. The Kier molecular flexibility index (Phi) is 7.33. The molecule has 0 bridgehead atoms. The first kappa shape index (κ1) is 14.4. The highest BCUT2D eigenvalue weighted by molar-refractivity contribution is 7.82. The lowest BCUT2D eigenvalue weighted by molar-refractivity contribution is 0.624. The van der Waals surface area contributed by atoms with Crippen LogP contribution in [0, 0.1) is 0 Å². The average Bonchev–Trinajstić information content (AvgIpc) is 2.16. The molecule has 15 heavy (non-hydrogen) atoms. The molecule has 0 aromatic rings. The van der Waals surface area contributed by atoms with Gasteiger partial charge in [-0.2, -0.15) is 16.8 Å². The molecule has 0 aliphatic carbocycles. The minimum Gasteiger partial charge on any atom is -0.184 e. The Bertz CT molecular complexity index is 438. The maximum absolute atomic E-state index is 10.9. The molecule has 0 unspecified atom stereocenters. The fourth-order valence-corrected chi connectivity index (χ4v) is 2.83. The number of hydrogen-bond acceptors (Lipinski definition) is 4. The van der Waals surface area contributed by atoms with Crippen molar-refractivity contribution in [1.82, 2.24) is 0 Å². The summed E-state index contributed by atoms with van der Waals surface area (Å²) in [7, 11) is -4.84. The maximum atomic E-state index is 10.9. The van der Waals surface area contributed by atoms with Crippen LogP contribution in [-0.2, 0) is 20.6 Å². The Morgan fingerprint density at radius 1 is 0.867 bits per heavy atom. The van der Waals surface area contributed by atoms with Crippen LogP contribution in [0.2, 0.25) is 0 Å². The molecular weight excluding hydrogens is 236 g/mol. The quantitative estimate of drug-likeness (QED) is 0.524. The molecule has 0 aromatic carbocycles. The zero-order valence-corrected chi connectivity index (χ0v) is 10.6. The van der Waals surface area contributed by atoms with Gasteiger partial charge in [0.05, 0.1) is 9.73 Å². The van der Waals surface area contributed by atoms with Gasteiger partial charge in [-0.05, 0) is 19.3 Å². The molecule has 6 heteroatoms. The molecular formula is C9H16O4S2. The van der Waals surface area contributed by atoms with Gasteiger partial charge in [-0.3, -0.25) is 0 Å². The first-order valence-electron chi connectivity index (χ1n) is 4.95. The molecule has 0 N–H and O–H groups in total. The summed E-state index contributed by atoms with van der Waals surface area (Å²) >= 11 is 0. The van der Waals surface area contributed by atoms with Crippen LogP contribution in [-0.4, -0.2) is 26.6 Å². The molecule has 88 valence electrons. The number of unbranched alkanes of at least 4 members (excludes halogenated alkanes) is 2. The van der Waals surface area contributed by atoms with Gasteiger partial charge in [0.1, 0.15) is 0 Å².